The van der Waals surface area contributed by atoms with Crippen LogP contribution in [0.3, 0.4) is 0 Å². The molecule has 0 spiro atoms. The lowest BCUT2D eigenvalue weighted by atomic mass is 9.96. The summed E-state index contributed by atoms with van der Waals surface area (Å²) in [6.45, 7) is 1.50. The second-order valence-electron chi connectivity index (χ2n) is 6.06. The molecular weight excluding hydrogens is 324 g/mol. The van der Waals surface area contributed by atoms with E-state index >= 15 is 0 Å². The van der Waals surface area contributed by atoms with E-state index in [-0.39, 0.29) is 11.1 Å². The Labute approximate surface area is 146 Å². The summed E-state index contributed by atoms with van der Waals surface area (Å²) in [5, 5.41) is 5.47. The Hall–Kier alpha value is -1.79. The highest BCUT2D eigenvalue weighted by atomic mass is 32.2. The molecule has 0 aromatic heterocycles. The fourth-order valence-electron chi connectivity index (χ4n) is 2.97. The van der Waals surface area contributed by atoms with Gasteiger partial charge in [-0.25, -0.2) is 0 Å². The Morgan fingerprint density at radius 3 is 2.58 bits per heavy atom. The van der Waals surface area contributed by atoms with Crippen LogP contribution < -0.4 is 15.4 Å². The highest BCUT2D eigenvalue weighted by Gasteiger charge is 2.24. The zero-order chi connectivity index (χ0) is 16.8. The number of ether oxygens (including phenoxy) is 1. The first kappa shape index (κ1) is 17.0. The molecule has 1 saturated carbocycles. The third kappa shape index (κ3) is 4.85. The van der Waals surface area contributed by atoms with Crippen LogP contribution in [0.15, 0.2) is 29.2 Å². The van der Waals surface area contributed by atoms with Gasteiger partial charge in [-0.2, -0.15) is 0 Å². The molecule has 3 rings (SSSR count). The largest absolute Gasteiger partial charge is 0.492 e. The second kappa shape index (κ2) is 8.35. The van der Waals surface area contributed by atoms with Gasteiger partial charge >= 0.3 is 0 Å². The third-order valence-corrected chi connectivity index (χ3v) is 5.04. The van der Waals surface area contributed by atoms with E-state index in [1.54, 1.807) is 6.08 Å². The van der Waals surface area contributed by atoms with Crippen LogP contribution in [0.1, 0.15) is 37.7 Å². The molecule has 1 aromatic carbocycles. The second-order valence-corrected chi connectivity index (χ2v) is 7.07. The lowest BCUT2D eigenvalue weighted by molar-refractivity contribution is -0.115. The van der Waals surface area contributed by atoms with E-state index in [0.717, 1.165) is 29.6 Å². The quantitative estimate of drug-likeness (QED) is 0.611. The molecule has 2 fully saturated rings. The number of amides is 2. The van der Waals surface area contributed by atoms with E-state index in [2.05, 4.69) is 10.6 Å². The summed E-state index contributed by atoms with van der Waals surface area (Å²) in [6.07, 6.45) is 8.29. The third-order valence-electron chi connectivity index (χ3n) is 4.23. The minimum atomic E-state index is -0.334. The molecule has 1 aliphatic heterocycles. The van der Waals surface area contributed by atoms with Crippen LogP contribution in [-0.2, 0) is 4.79 Å². The van der Waals surface area contributed by atoms with Gasteiger partial charge in [-0.05, 0) is 48.4 Å². The van der Waals surface area contributed by atoms with Crippen molar-refractivity contribution in [1.29, 1.82) is 0 Å². The van der Waals surface area contributed by atoms with Crippen molar-refractivity contribution in [3.63, 3.8) is 0 Å². The first-order valence-corrected chi connectivity index (χ1v) is 9.23. The molecule has 0 unspecified atom stereocenters. The summed E-state index contributed by atoms with van der Waals surface area (Å²) in [5.74, 6) is 0.473. The molecule has 0 bridgehead atoms. The number of imide groups is 1. The van der Waals surface area contributed by atoms with E-state index in [1.165, 1.54) is 32.1 Å². The SMILES string of the molecule is O=C1NC(=O)/C(=C/c2ccc(OCCNC3CCCCC3)cc2)S1. The van der Waals surface area contributed by atoms with Gasteiger partial charge in [0.15, 0.2) is 0 Å². The summed E-state index contributed by atoms with van der Waals surface area (Å²) < 4.78 is 5.74. The summed E-state index contributed by atoms with van der Waals surface area (Å²) in [6, 6.07) is 8.17. The molecule has 128 valence electrons. The summed E-state index contributed by atoms with van der Waals surface area (Å²) >= 11 is 0.925. The summed E-state index contributed by atoms with van der Waals surface area (Å²) in [4.78, 5) is 23.1. The van der Waals surface area contributed by atoms with Crippen LogP contribution in [0.25, 0.3) is 6.08 Å². The topological polar surface area (TPSA) is 67.4 Å². The van der Waals surface area contributed by atoms with Gasteiger partial charge in [-0.3, -0.25) is 14.9 Å². The fourth-order valence-corrected chi connectivity index (χ4v) is 3.65. The lowest BCUT2D eigenvalue weighted by Crippen LogP contribution is -2.34. The molecule has 24 heavy (non-hydrogen) atoms. The monoisotopic (exact) mass is 346 g/mol. The van der Waals surface area contributed by atoms with E-state index in [0.29, 0.717) is 17.6 Å². The number of carbonyl (C=O) groups excluding carboxylic acids is 2. The number of benzene rings is 1. The van der Waals surface area contributed by atoms with Gasteiger partial charge in [0.25, 0.3) is 11.1 Å². The Balaban J connectivity index is 1.44. The summed E-state index contributed by atoms with van der Waals surface area (Å²) in [5.41, 5.74) is 0.870. The molecule has 2 amide bonds. The van der Waals surface area contributed by atoms with Crippen molar-refractivity contribution in [3.8, 4) is 5.75 Å². The molecule has 1 saturated heterocycles. The highest BCUT2D eigenvalue weighted by molar-refractivity contribution is 8.18. The van der Waals surface area contributed by atoms with E-state index < -0.39 is 0 Å². The van der Waals surface area contributed by atoms with Crippen LogP contribution in [0.5, 0.6) is 5.75 Å². The average molecular weight is 346 g/mol. The van der Waals surface area contributed by atoms with Crippen molar-refractivity contribution >= 4 is 29.0 Å². The Bertz CT molecular complexity index is 622. The molecule has 2 aliphatic rings. The molecule has 6 heteroatoms. The van der Waals surface area contributed by atoms with Crippen molar-refractivity contribution in [2.24, 2.45) is 0 Å². The number of rotatable bonds is 6. The van der Waals surface area contributed by atoms with Gasteiger partial charge in [0, 0.05) is 12.6 Å². The normalized spacial score (nSPS) is 20.4. The van der Waals surface area contributed by atoms with Gasteiger partial charge in [0.1, 0.15) is 12.4 Å². The maximum Gasteiger partial charge on any atom is 0.290 e. The van der Waals surface area contributed by atoms with Crippen LogP contribution in [0, 0.1) is 0 Å². The molecule has 2 N–H and O–H groups in total. The minimum absolute atomic E-state index is 0.323. The number of thioether (sulfide) groups is 1. The maximum absolute atomic E-state index is 11.5. The number of hydrogen-bond donors (Lipinski definition) is 2. The first-order valence-electron chi connectivity index (χ1n) is 8.42. The molecule has 1 aromatic rings. The Morgan fingerprint density at radius 1 is 1.17 bits per heavy atom. The average Bonchev–Trinajstić information content (AvgIpc) is 2.91. The van der Waals surface area contributed by atoms with Gasteiger partial charge in [0.2, 0.25) is 0 Å². The van der Waals surface area contributed by atoms with E-state index in [9.17, 15) is 9.59 Å². The molecule has 0 radical (unpaired) electrons. The zero-order valence-electron chi connectivity index (χ0n) is 13.5. The van der Waals surface area contributed by atoms with Gasteiger partial charge < -0.3 is 10.1 Å². The van der Waals surface area contributed by atoms with Gasteiger partial charge in [-0.1, -0.05) is 31.4 Å². The zero-order valence-corrected chi connectivity index (χ0v) is 14.4. The smallest absolute Gasteiger partial charge is 0.290 e. The van der Waals surface area contributed by atoms with Crippen molar-refractivity contribution < 1.29 is 14.3 Å². The van der Waals surface area contributed by atoms with E-state index in [1.807, 2.05) is 24.3 Å². The molecule has 1 aliphatic carbocycles. The highest BCUT2D eigenvalue weighted by Crippen LogP contribution is 2.26. The van der Waals surface area contributed by atoms with Crippen LogP contribution in [0.2, 0.25) is 0 Å². The van der Waals surface area contributed by atoms with Crippen molar-refractivity contribution in [2.75, 3.05) is 13.2 Å². The Kier molecular flexibility index (Phi) is 5.93. The number of nitrogens with one attached hydrogen (secondary N) is 2. The minimum Gasteiger partial charge on any atom is -0.492 e. The van der Waals surface area contributed by atoms with Gasteiger partial charge in [-0.15, -0.1) is 0 Å². The molecule has 0 atom stereocenters. The lowest BCUT2D eigenvalue weighted by Gasteiger charge is -2.22. The molecule has 5 nitrogen and oxygen atoms in total. The van der Waals surface area contributed by atoms with Gasteiger partial charge in [0.05, 0.1) is 4.91 Å². The standard InChI is InChI=1S/C18H22N2O3S/c21-17-16(24-18(22)20-17)12-13-6-8-15(9-7-13)23-11-10-19-14-4-2-1-3-5-14/h6-9,12,14,19H,1-5,10-11H2,(H,20,21,22)/b16-12-. The molecule has 1 heterocycles. The van der Waals surface area contributed by atoms with Crippen molar-refractivity contribution in [3.05, 3.63) is 34.7 Å². The first-order chi connectivity index (χ1) is 11.7. The Morgan fingerprint density at radius 2 is 1.92 bits per heavy atom. The maximum atomic E-state index is 11.5. The predicted octanol–water partition coefficient (Wildman–Crippen LogP) is 3.31. The summed E-state index contributed by atoms with van der Waals surface area (Å²) in [7, 11) is 0. The fraction of sp³-hybridized carbons (Fsp3) is 0.444. The van der Waals surface area contributed by atoms with Crippen molar-refractivity contribution in [1.82, 2.24) is 10.6 Å². The van der Waals surface area contributed by atoms with Crippen LogP contribution in [0.4, 0.5) is 4.79 Å². The van der Waals surface area contributed by atoms with Crippen LogP contribution in [-0.4, -0.2) is 30.3 Å². The van der Waals surface area contributed by atoms with E-state index in [4.69, 9.17) is 4.74 Å². The number of carbonyl (C=O) groups is 2. The number of hydrogen-bond acceptors (Lipinski definition) is 5. The van der Waals surface area contributed by atoms with Crippen molar-refractivity contribution in [2.45, 2.75) is 38.1 Å². The predicted molar refractivity (Wildman–Crippen MR) is 95.9 cm³/mol. The molecular formula is C18H22N2O3S. The van der Waals surface area contributed by atoms with Crippen LogP contribution >= 0.6 is 11.8 Å².